The molecule has 2 atom stereocenters. The maximum Gasteiger partial charge on any atom is 0.319 e. The van der Waals surface area contributed by atoms with Crippen molar-refractivity contribution < 1.29 is 19.4 Å². The van der Waals surface area contributed by atoms with Gasteiger partial charge in [-0.05, 0) is 7.05 Å². The fraction of sp³-hybridized carbons (Fsp3) is 0.818. The predicted octanol–water partition coefficient (Wildman–Crippen LogP) is -0.711. The summed E-state index contributed by atoms with van der Waals surface area (Å²) in [6.07, 6.45) is 0. The minimum Gasteiger partial charge on any atom is -0.481 e. The first-order valence-corrected chi connectivity index (χ1v) is 5.92. The molecule has 7 nitrogen and oxygen atoms in total. The lowest BCUT2D eigenvalue weighted by Crippen LogP contribution is -2.49. The molecule has 2 N–H and O–H groups in total. The number of rotatable bonds is 5. The first kappa shape index (κ1) is 14.7. The lowest BCUT2D eigenvalue weighted by molar-refractivity contribution is -0.142. The van der Waals surface area contributed by atoms with Crippen LogP contribution in [0.3, 0.4) is 0 Å². The molecule has 0 saturated carbocycles. The number of amides is 2. The second kappa shape index (κ2) is 6.55. The van der Waals surface area contributed by atoms with E-state index < -0.39 is 17.9 Å². The molecule has 1 heterocycles. The average Bonchev–Trinajstić information content (AvgIpc) is 2.83. The highest BCUT2D eigenvalue weighted by atomic mass is 16.5. The van der Waals surface area contributed by atoms with E-state index in [0.717, 1.165) is 0 Å². The Morgan fingerprint density at radius 2 is 2.06 bits per heavy atom. The van der Waals surface area contributed by atoms with Crippen molar-refractivity contribution >= 4 is 12.0 Å². The Kier molecular flexibility index (Phi) is 5.36. The van der Waals surface area contributed by atoms with Crippen LogP contribution in [0.4, 0.5) is 4.79 Å². The molecule has 1 rings (SSSR count). The second-order valence-corrected chi connectivity index (χ2v) is 4.47. The Morgan fingerprint density at radius 1 is 1.39 bits per heavy atom. The number of carbonyl (C=O) groups is 2. The quantitative estimate of drug-likeness (QED) is 0.681. The zero-order valence-corrected chi connectivity index (χ0v) is 11.0. The van der Waals surface area contributed by atoms with E-state index in [1.54, 1.807) is 19.0 Å². The van der Waals surface area contributed by atoms with E-state index >= 15 is 0 Å². The van der Waals surface area contributed by atoms with Gasteiger partial charge in [0, 0.05) is 27.2 Å². The minimum absolute atomic E-state index is 0.165. The highest BCUT2D eigenvalue weighted by molar-refractivity contribution is 5.77. The summed E-state index contributed by atoms with van der Waals surface area (Å²) in [5, 5.41) is 12.0. The standard InChI is InChI=1S/C11H21N3O4/c1-12-4-5-13(2)11(17)14(3)9-7-18-6-8(9)10(15)16/h8-9,12H,4-7H2,1-3H3,(H,15,16). The van der Waals surface area contributed by atoms with Gasteiger partial charge in [-0.3, -0.25) is 4.79 Å². The molecule has 104 valence electrons. The maximum atomic E-state index is 12.1. The second-order valence-electron chi connectivity index (χ2n) is 4.47. The molecule has 0 bridgehead atoms. The lowest BCUT2D eigenvalue weighted by atomic mass is 10.0. The monoisotopic (exact) mass is 259 g/mol. The molecule has 1 fully saturated rings. The van der Waals surface area contributed by atoms with Crippen molar-refractivity contribution in [3.63, 3.8) is 0 Å². The number of likely N-dealkylation sites (N-methyl/N-ethyl adjacent to an activating group) is 3. The Bertz CT molecular complexity index is 311. The first-order valence-electron chi connectivity index (χ1n) is 5.92. The first-order chi connectivity index (χ1) is 8.49. The van der Waals surface area contributed by atoms with Crippen LogP contribution >= 0.6 is 0 Å². The summed E-state index contributed by atoms with van der Waals surface area (Å²) >= 11 is 0. The van der Waals surface area contributed by atoms with Gasteiger partial charge in [-0.2, -0.15) is 0 Å². The Morgan fingerprint density at radius 3 is 2.61 bits per heavy atom. The van der Waals surface area contributed by atoms with Crippen molar-refractivity contribution in [3.05, 3.63) is 0 Å². The van der Waals surface area contributed by atoms with Gasteiger partial charge in [0.25, 0.3) is 0 Å². The van der Waals surface area contributed by atoms with Gasteiger partial charge >= 0.3 is 12.0 Å². The summed E-state index contributed by atoms with van der Waals surface area (Å²) < 4.78 is 5.16. The molecule has 0 aromatic rings. The van der Waals surface area contributed by atoms with Crippen LogP contribution in [0.5, 0.6) is 0 Å². The molecule has 1 aliphatic heterocycles. The third-order valence-electron chi connectivity index (χ3n) is 3.19. The van der Waals surface area contributed by atoms with Gasteiger partial charge in [0.15, 0.2) is 0 Å². The SMILES string of the molecule is CNCCN(C)C(=O)N(C)C1COCC1C(=O)O. The van der Waals surface area contributed by atoms with Crippen LogP contribution in [-0.4, -0.2) is 80.4 Å². The van der Waals surface area contributed by atoms with Crippen molar-refractivity contribution in [1.82, 2.24) is 15.1 Å². The van der Waals surface area contributed by atoms with Gasteiger partial charge in [0.05, 0.1) is 19.3 Å². The van der Waals surface area contributed by atoms with Crippen molar-refractivity contribution in [2.45, 2.75) is 6.04 Å². The Balaban J connectivity index is 2.59. The molecule has 2 amide bonds. The zero-order chi connectivity index (χ0) is 13.7. The van der Waals surface area contributed by atoms with Crippen LogP contribution in [0.2, 0.25) is 0 Å². The summed E-state index contributed by atoms with van der Waals surface area (Å²) in [5.74, 6) is -1.56. The van der Waals surface area contributed by atoms with E-state index in [2.05, 4.69) is 5.32 Å². The number of carboxylic acids is 1. The molecule has 0 spiro atoms. The average molecular weight is 259 g/mol. The molecule has 1 saturated heterocycles. The van der Waals surface area contributed by atoms with Crippen LogP contribution in [0, 0.1) is 5.92 Å². The number of hydrogen-bond donors (Lipinski definition) is 2. The highest BCUT2D eigenvalue weighted by Crippen LogP contribution is 2.19. The number of carbonyl (C=O) groups excluding carboxylic acids is 1. The Labute approximate surface area is 107 Å². The predicted molar refractivity (Wildman–Crippen MR) is 65.4 cm³/mol. The van der Waals surface area contributed by atoms with E-state index in [1.165, 1.54) is 4.90 Å². The number of nitrogens with one attached hydrogen (secondary N) is 1. The van der Waals surface area contributed by atoms with E-state index in [1.807, 2.05) is 7.05 Å². The summed E-state index contributed by atoms with van der Waals surface area (Å²) in [6, 6.07) is -0.584. The molecule has 0 radical (unpaired) electrons. The number of urea groups is 1. The van der Waals surface area contributed by atoms with E-state index in [9.17, 15) is 9.59 Å². The van der Waals surface area contributed by atoms with E-state index in [0.29, 0.717) is 13.1 Å². The van der Waals surface area contributed by atoms with Gasteiger partial charge in [0.2, 0.25) is 0 Å². The number of nitrogens with zero attached hydrogens (tertiary/aromatic N) is 2. The normalized spacial score (nSPS) is 22.8. The molecular formula is C11H21N3O4. The van der Waals surface area contributed by atoms with Crippen LogP contribution in [0.25, 0.3) is 0 Å². The zero-order valence-electron chi connectivity index (χ0n) is 11.0. The summed E-state index contributed by atoms with van der Waals surface area (Å²) in [5.41, 5.74) is 0. The third kappa shape index (κ3) is 3.33. The molecule has 7 heteroatoms. The molecule has 18 heavy (non-hydrogen) atoms. The molecule has 2 unspecified atom stereocenters. The molecule has 0 aromatic carbocycles. The van der Waals surface area contributed by atoms with Crippen LogP contribution in [0.15, 0.2) is 0 Å². The summed E-state index contributed by atoms with van der Waals surface area (Å²) in [7, 11) is 5.13. The molecule has 0 aliphatic carbocycles. The lowest BCUT2D eigenvalue weighted by Gasteiger charge is -2.30. The third-order valence-corrected chi connectivity index (χ3v) is 3.19. The summed E-state index contributed by atoms with van der Waals surface area (Å²) in [6.45, 7) is 1.71. The molecule has 0 aromatic heterocycles. The van der Waals surface area contributed by atoms with Crippen LogP contribution in [0.1, 0.15) is 0 Å². The van der Waals surface area contributed by atoms with Gasteiger partial charge in [-0.25, -0.2) is 4.79 Å². The number of aliphatic carboxylic acids is 1. The largest absolute Gasteiger partial charge is 0.481 e. The van der Waals surface area contributed by atoms with Crippen LogP contribution in [-0.2, 0) is 9.53 Å². The summed E-state index contributed by atoms with van der Waals surface area (Å²) in [4.78, 5) is 26.1. The number of carboxylic acid groups (broad SMARTS) is 1. The van der Waals surface area contributed by atoms with Crippen LogP contribution < -0.4 is 5.32 Å². The molecule has 1 aliphatic rings. The number of hydrogen-bond acceptors (Lipinski definition) is 4. The van der Waals surface area contributed by atoms with Gasteiger partial charge in [0.1, 0.15) is 5.92 Å². The Hall–Kier alpha value is -1.34. The van der Waals surface area contributed by atoms with Crippen molar-refractivity contribution in [2.24, 2.45) is 5.92 Å². The highest BCUT2D eigenvalue weighted by Gasteiger charge is 2.39. The van der Waals surface area contributed by atoms with Crippen molar-refractivity contribution in [3.8, 4) is 0 Å². The number of ether oxygens (including phenoxy) is 1. The van der Waals surface area contributed by atoms with Gasteiger partial charge in [-0.1, -0.05) is 0 Å². The maximum absolute atomic E-state index is 12.1. The van der Waals surface area contributed by atoms with Crippen molar-refractivity contribution in [1.29, 1.82) is 0 Å². The van der Waals surface area contributed by atoms with E-state index in [4.69, 9.17) is 9.84 Å². The topological polar surface area (TPSA) is 82.1 Å². The van der Waals surface area contributed by atoms with Gasteiger partial charge < -0.3 is 25.0 Å². The van der Waals surface area contributed by atoms with Gasteiger partial charge in [-0.15, -0.1) is 0 Å². The smallest absolute Gasteiger partial charge is 0.319 e. The van der Waals surface area contributed by atoms with E-state index in [-0.39, 0.29) is 19.2 Å². The van der Waals surface area contributed by atoms with Crippen molar-refractivity contribution in [2.75, 3.05) is 47.4 Å². The fourth-order valence-corrected chi connectivity index (χ4v) is 1.95. The molecular weight excluding hydrogens is 238 g/mol. The minimum atomic E-state index is -0.921. The fourth-order valence-electron chi connectivity index (χ4n) is 1.95.